The third kappa shape index (κ3) is 5.36. The predicted octanol–water partition coefficient (Wildman–Crippen LogP) is 0.307. The first kappa shape index (κ1) is 16.9. The molecular weight excluding hydrogens is 294 g/mol. The minimum absolute atomic E-state index is 0.0440. The first-order valence-corrected chi connectivity index (χ1v) is 7.58. The Balaban J connectivity index is 2.70. The number of anilines is 1. The molecule has 0 heterocycles. The zero-order valence-corrected chi connectivity index (χ0v) is 12.4. The van der Waals surface area contributed by atoms with E-state index in [0.29, 0.717) is 5.69 Å². The van der Waals surface area contributed by atoms with Gasteiger partial charge in [0.1, 0.15) is 6.54 Å². The monoisotopic (exact) mass is 311 g/mol. The van der Waals surface area contributed by atoms with E-state index in [0.717, 1.165) is 0 Å². The van der Waals surface area contributed by atoms with Crippen LogP contribution in [-0.2, 0) is 19.6 Å². The number of hydrogen-bond donors (Lipinski definition) is 2. The normalized spacial score (nSPS) is 10.8. The summed E-state index contributed by atoms with van der Waals surface area (Å²) in [4.78, 5) is 24.4. The van der Waals surface area contributed by atoms with E-state index in [1.807, 2.05) is 0 Å². The zero-order valence-electron chi connectivity index (χ0n) is 11.6. The molecule has 0 unspecified atom stereocenters. The lowest BCUT2D eigenvalue weighted by molar-refractivity contribution is -0.132. The van der Waals surface area contributed by atoms with Gasteiger partial charge in [-0.25, -0.2) is 13.6 Å². The maximum Gasteiger partial charge on any atom is 0.244 e. The fourth-order valence-corrected chi connectivity index (χ4v) is 2.08. The van der Waals surface area contributed by atoms with Crippen molar-refractivity contribution in [3.05, 3.63) is 36.9 Å². The second-order valence-electron chi connectivity index (χ2n) is 4.31. The standard InChI is InChI=1S/C13H17N3O4S/c1-3-8-16(10(2)17)9-13(18)15-11-4-6-12(7-5-11)21(14,19)20/h3-7H,1,8-9H2,2H3,(H,15,18)(H2,14,19,20). The summed E-state index contributed by atoms with van der Waals surface area (Å²) in [6.07, 6.45) is 1.52. The molecule has 7 nitrogen and oxygen atoms in total. The van der Waals surface area contributed by atoms with E-state index in [1.54, 1.807) is 0 Å². The van der Waals surface area contributed by atoms with Crippen molar-refractivity contribution in [3.63, 3.8) is 0 Å². The molecule has 0 aliphatic rings. The molecule has 1 aromatic carbocycles. The molecule has 0 aromatic heterocycles. The van der Waals surface area contributed by atoms with E-state index < -0.39 is 15.9 Å². The van der Waals surface area contributed by atoms with Gasteiger partial charge in [-0.15, -0.1) is 6.58 Å². The van der Waals surface area contributed by atoms with Gasteiger partial charge in [0.2, 0.25) is 21.8 Å². The SMILES string of the molecule is C=CCN(CC(=O)Nc1ccc(S(N)(=O)=O)cc1)C(C)=O. The minimum Gasteiger partial charge on any atom is -0.330 e. The molecule has 0 saturated heterocycles. The highest BCUT2D eigenvalue weighted by Crippen LogP contribution is 2.12. The van der Waals surface area contributed by atoms with Crippen molar-refractivity contribution >= 4 is 27.5 Å². The number of rotatable bonds is 6. The summed E-state index contributed by atoms with van der Waals surface area (Å²) in [6, 6.07) is 5.42. The van der Waals surface area contributed by atoms with Gasteiger partial charge in [0.05, 0.1) is 4.90 Å². The number of nitrogens with two attached hydrogens (primary N) is 1. The van der Waals surface area contributed by atoms with Gasteiger partial charge in [0.15, 0.2) is 0 Å². The number of primary sulfonamides is 1. The molecule has 3 N–H and O–H groups in total. The summed E-state index contributed by atoms with van der Waals surface area (Å²) in [5.74, 6) is -0.634. The van der Waals surface area contributed by atoms with Crippen LogP contribution in [0.25, 0.3) is 0 Å². The van der Waals surface area contributed by atoms with Crippen molar-refractivity contribution in [2.24, 2.45) is 5.14 Å². The van der Waals surface area contributed by atoms with Crippen molar-refractivity contribution in [1.82, 2.24) is 4.90 Å². The van der Waals surface area contributed by atoms with Crippen LogP contribution < -0.4 is 10.5 Å². The van der Waals surface area contributed by atoms with Gasteiger partial charge in [0.25, 0.3) is 0 Å². The summed E-state index contributed by atoms with van der Waals surface area (Å²) >= 11 is 0. The Bertz CT molecular complexity index is 638. The van der Waals surface area contributed by atoms with Gasteiger partial charge in [0, 0.05) is 19.2 Å². The number of nitrogens with zero attached hydrogens (tertiary/aromatic N) is 1. The van der Waals surface area contributed by atoms with Crippen molar-refractivity contribution in [2.75, 3.05) is 18.4 Å². The Labute approximate surface area is 123 Å². The maximum atomic E-state index is 11.8. The third-order valence-corrected chi connectivity index (χ3v) is 3.53. The first-order chi connectivity index (χ1) is 9.74. The van der Waals surface area contributed by atoms with Crippen LogP contribution in [0.3, 0.4) is 0 Å². The summed E-state index contributed by atoms with van der Waals surface area (Å²) < 4.78 is 22.2. The minimum atomic E-state index is -3.76. The van der Waals surface area contributed by atoms with E-state index in [1.165, 1.54) is 42.2 Å². The van der Waals surface area contributed by atoms with E-state index in [9.17, 15) is 18.0 Å². The predicted molar refractivity (Wildman–Crippen MR) is 78.9 cm³/mol. The van der Waals surface area contributed by atoms with Crippen LogP contribution in [0.2, 0.25) is 0 Å². The second kappa shape index (κ2) is 7.00. The molecule has 1 aromatic rings. The number of benzene rings is 1. The van der Waals surface area contributed by atoms with Crippen LogP contribution in [0.5, 0.6) is 0 Å². The molecule has 0 aliphatic carbocycles. The number of carbonyl (C=O) groups is 2. The zero-order chi connectivity index (χ0) is 16.0. The third-order valence-electron chi connectivity index (χ3n) is 2.60. The van der Waals surface area contributed by atoms with Gasteiger partial charge in [-0.05, 0) is 24.3 Å². The molecule has 114 valence electrons. The topological polar surface area (TPSA) is 110 Å². The second-order valence-corrected chi connectivity index (χ2v) is 5.87. The molecule has 0 bridgehead atoms. The molecule has 1 rings (SSSR count). The summed E-state index contributed by atoms with van der Waals surface area (Å²) in [5, 5.41) is 7.53. The van der Waals surface area contributed by atoms with Gasteiger partial charge in [-0.3, -0.25) is 9.59 Å². The molecule has 0 saturated carbocycles. The smallest absolute Gasteiger partial charge is 0.244 e. The Morgan fingerprint density at radius 2 is 1.90 bits per heavy atom. The summed E-state index contributed by atoms with van der Waals surface area (Å²) in [7, 11) is -3.76. The Morgan fingerprint density at radius 3 is 2.33 bits per heavy atom. The molecule has 0 spiro atoms. The highest BCUT2D eigenvalue weighted by molar-refractivity contribution is 7.89. The van der Waals surface area contributed by atoms with Crippen molar-refractivity contribution in [3.8, 4) is 0 Å². The first-order valence-electron chi connectivity index (χ1n) is 6.03. The van der Waals surface area contributed by atoms with E-state index in [4.69, 9.17) is 5.14 Å². The number of carbonyl (C=O) groups excluding carboxylic acids is 2. The Hall–Kier alpha value is -2.19. The molecule has 8 heteroatoms. The lowest BCUT2D eigenvalue weighted by atomic mass is 10.3. The molecule has 0 atom stereocenters. The van der Waals surface area contributed by atoms with Gasteiger partial charge in [-0.2, -0.15) is 0 Å². The van der Waals surface area contributed by atoms with Gasteiger partial charge in [-0.1, -0.05) is 6.08 Å². The molecule has 0 radical (unpaired) electrons. The average Bonchev–Trinajstić information content (AvgIpc) is 2.37. The van der Waals surface area contributed by atoms with Crippen LogP contribution in [0.1, 0.15) is 6.92 Å². The quantitative estimate of drug-likeness (QED) is 0.737. The average molecular weight is 311 g/mol. The van der Waals surface area contributed by atoms with Crippen LogP contribution in [-0.4, -0.2) is 38.2 Å². The fraction of sp³-hybridized carbons (Fsp3) is 0.231. The lowest BCUT2D eigenvalue weighted by Crippen LogP contribution is -2.36. The van der Waals surface area contributed by atoms with E-state index >= 15 is 0 Å². The summed E-state index contributed by atoms with van der Waals surface area (Å²) in [5.41, 5.74) is 0.412. The number of sulfonamides is 1. The van der Waals surface area contributed by atoms with Crippen molar-refractivity contribution < 1.29 is 18.0 Å². The van der Waals surface area contributed by atoms with E-state index in [2.05, 4.69) is 11.9 Å². The summed E-state index contributed by atoms with van der Waals surface area (Å²) in [6.45, 7) is 5.03. The van der Waals surface area contributed by atoms with E-state index in [-0.39, 0.29) is 23.9 Å². The van der Waals surface area contributed by atoms with Gasteiger partial charge >= 0.3 is 0 Å². The van der Waals surface area contributed by atoms with Crippen LogP contribution in [0.4, 0.5) is 5.69 Å². The van der Waals surface area contributed by atoms with Crippen LogP contribution >= 0.6 is 0 Å². The number of amides is 2. The highest BCUT2D eigenvalue weighted by atomic mass is 32.2. The highest BCUT2D eigenvalue weighted by Gasteiger charge is 2.13. The molecule has 21 heavy (non-hydrogen) atoms. The lowest BCUT2D eigenvalue weighted by Gasteiger charge is -2.18. The van der Waals surface area contributed by atoms with Crippen molar-refractivity contribution in [1.29, 1.82) is 0 Å². The van der Waals surface area contributed by atoms with Crippen LogP contribution in [0.15, 0.2) is 41.8 Å². The molecule has 2 amide bonds. The van der Waals surface area contributed by atoms with Crippen molar-refractivity contribution in [2.45, 2.75) is 11.8 Å². The largest absolute Gasteiger partial charge is 0.330 e. The molecule has 0 aliphatic heterocycles. The number of hydrogen-bond acceptors (Lipinski definition) is 4. The van der Waals surface area contributed by atoms with Gasteiger partial charge < -0.3 is 10.2 Å². The Morgan fingerprint density at radius 1 is 1.33 bits per heavy atom. The maximum absolute atomic E-state index is 11.8. The Kier molecular flexibility index (Phi) is 5.62. The number of nitrogens with one attached hydrogen (secondary N) is 1. The molecule has 0 fully saturated rings. The van der Waals surface area contributed by atoms with Crippen LogP contribution in [0, 0.1) is 0 Å². The fourth-order valence-electron chi connectivity index (χ4n) is 1.56. The molecular formula is C13H17N3O4S.